The second kappa shape index (κ2) is 10.3. The Labute approximate surface area is 193 Å². The smallest absolute Gasteiger partial charge is 0.248 e. The van der Waals surface area contributed by atoms with E-state index in [-0.39, 0.29) is 17.8 Å². The fourth-order valence-electron chi connectivity index (χ4n) is 4.43. The average Bonchev–Trinajstić information content (AvgIpc) is 2.85. The summed E-state index contributed by atoms with van der Waals surface area (Å²) in [5.74, 6) is 0.0100. The topological polar surface area (TPSA) is 115 Å². The number of carbonyl (C=O) groups excluding carboxylic acids is 2. The molecule has 0 aliphatic carbocycles. The first-order valence-corrected chi connectivity index (χ1v) is 11.4. The molecule has 1 saturated heterocycles. The number of primary amides is 1. The van der Waals surface area contributed by atoms with Crippen LogP contribution in [0.25, 0.3) is 11.1 Å². The van der Waals surface area contributed by atoms with Crippen molar-refractivity contribution in [1.29, 1.82) is 0 Å². The second-order valence-corrected chi connectivity index (χ2v) is 8.49. The normalized spacial score (nSPS) is 15.9. The number of benzene rings is 2. The van der Waals surface area contributed by atoms with Crippen LogP contribution >= 0.6 is 0 Å². The summed E-state index contributed by atoms with van der Waals surface area (Å²) in [6.45, 7) is 1.39. The Hall–Kier alpha value is -3.74. The van der Waals surface area contributed by atoms with Gasteiger partial charge in [0, 0.05) is 42.8 Å². The van der Waals surface area contributed by atoms with Crippen LogP contribution < -0.4 is 11.5 Å². The number of nitrogens with two attached hydrogens (primary N) is 2. The minimum atomic E-state index is -0.468. The minimum Gasteiger partial charge on any atom is -0.368 e. The SMILES string of the molecule is NC(=O)c1ccc(-c2cnc(N)nc2[C@@H]2CCCN(C(=O)CCCc3ccccc3)C2)cc1. The Morgan fingerprint density at radius 3 is 2.55 bits per heavy atom. The van der Waals surface area contributed by atoms with Crippen molar-refractivity contribution < 1.29 is 9.59 Å². The highest BCUT2D eigenvalue weighted by Gasteiger charge is 2.28. The molecule has 2 heterocycles. The Bertz CT molecular complexity index is 1120. The molecule has 170 valence electrons. The highest BCUT2D eigenvalue weighted by molar-refractivity contribution is 5.93. The molecule has 1 aliphatic heterocycles. The average molecular weight is 444 g/mol. The highest BCUT2D eigenvalue weighted by Crippen LogP contribution is 2.33. The van der Waals surface area contributed by atoms with Crippen LogP contribution in [0.3, 0.4) is 0 Å². The van der Waals surface area contributed by atoms with Crippen LogP contribution in [-0.2, 0) is 11.2 Å². The number of hydrogen-bond acceptors (Lipinski definition) is 5. The lowest BCUT2D eigenvalue weighted by atomic mass is 9.89. The fraction of sp³-hybridized carbons (Fsp3) is 0.308. The van der Waals surface area contributed by atoms with E-state index in [1.54, 1.807) is 18.3 Å². The molecule has 0 bridgehead atoms. The summed E-state index contributed by atoms with van der Waals surface area (Å²) in [4.78, 5) is 35.0. The summed E-state index contributed by atoms with van der Waals surface area (Å²) in [6, 6.07) is 17.3. The number of rotatable bonds is 7. The Kier molecular flexibility index (Phi) is 6.98. The third kappa shape index (κ3) is 5.55. The van der Waals surface area contributed by atoms with Gasteiger partial charge in [-0.25, -0.2) is 9.97 Å². The van der Waals surface area contributed by atoms with E-state index in [0.29, 0.717) is 18.5 Å². The summed E-state index contributed by atoms with van der Waals surface area (Å²) in [6.07, 6.45) is 5.84. The van der Waals surface area contributed by atoms with Crippen LogP contribution in [0.15, 0.2) is 60.8 Å². The van der Waals surface area contributed by atoms with Crippen LogP contribution in [0.2, 0.25) is 0 Å². The molecule has 33 heavy (non-hydrogen) atoms. The van der Waals surface area contributed by atoms with E-state index >= 15 is 0 Å². The van der Waals surface area contributed by atoms with Crippen molar-refractivity contribution >= 4 is 17.8 Å². The first-order valence-electron chi connectivity index (χ1n) is 11.4. The molecular formula is C26H29N5O2. The molecule has 4 N–H and O–H groups in total. The molecule has 7 nitrogen and oxygen atoms in total. The summed E-state index contributed by atoms with van der Waals surface area (Å²) < 4.78 is 0. The van der Waals surface area contributed by atoms with Crippen LogP contribution in [0.4, 0.5) is 5.95 Å². The van der Waals surface area contributed by atoms with Crippen molar-refractivity contribution in [3.05, 3.63) is 77.6 Å². The Morgan fingerprint density at radius 2 is 1.82 bits per heavy atom. The minimum absolute atomic E-state index is 0.0768. The molecule has 2 aromatic carbocycles. The highest BCUT2D eigenvalue weighted by atomic mass is 16.2. The van der Waals surface area contributed by atoms with Gasteiger partial charge in [-0.05, 0) is 48.9 Å². The first kappa shape index (κ1) is 22.5. The lowest BCUT2D eigenvalue weighted by Gasteiger charge is -2.33. The van der Waals surface area contributed by atoms with Gasteiger partial charge in [-0.1, -0.05) is 42.5 Å². The van der Waals surface area contributed by atoms with E-state index in [1.165, 1.54) is 5.56 Å². The molecule has 3 aromatic rings. The predicted molar refractivity (Wildman–Crippen MR) is 128 cm³/mol. The molecule has 1 fully saturated rings. The largest absolute Gasteiger partial charge is 0.368 e. The number of anilines is 1. The van der Waals surface area contributed by atoms with Crippen molar-refractivity contribution in [3.63, 3.8) is 0 Å². The molecule has 0 radical (unpaired) electrons. The maximum Gasteiger partial charge on any atom is 0.248 e. The van der Waals surface area contributed by atoms with E-state index in [2.05, 4.69) is 22.1 Å². The van der Waals surface area contributed by atoms with Crippen molar-refractivity contribution in [2.45, 2.75) is 38.0 Å². The van der Waals surface area contributed by atoms with Crippen molar-refractivity contribution in [3.8, 4) is 11.1 Å². The van der Waals surface area contributed by atoms with Gasteiger partial charge in [-0.2, -0.15) is 0 Å². The maximum absolute atomic E-state index is 12.9. The summed E-state index contributed by atoms with van der Waals surface area (Å²) in [5, 5.41) is 0. The third-order valence-electron chi connectivity index (χ3n) is 6.18. The molecule has 1 aromatic heterocycles. The van der Waals surface area contributed by atoms with E-state index in [1.807, 2.05) is 35.2 Å². The Balaban J connectivity index is 1.46. The zero-order valence-electron chi connectivity index (χ0n) is 18.6. The van der Waals surface area contributed by atoms with E-state index in [0.717, 1.165) is 49.0 Å². The van der Waals surface area contributed by atoms with Crippen LogP contribution in [0.5, 0.6) is 0 Å². The van der Waals surface area contributed by atoms with Gasteiger partial charge >= 0.3 is 0 Å². The Morgan fingerprint density at radius 1 is 1.06 bits per heavy atom. The molecule has 1 aliphatic rings. The number of carbonyl (C=O) groups is 2. The lowest BCUT2D eigenvalue weighted by Crippen LogP contribution is -2.39. The standard InChI is InChI=1S/C26H29N5O2/c27-25(33)20-13-11-19(12-14-20)22-16-29-26(28)30-24(22)21-9-5-15-31(17-21)23(32)10-4-8-18-6-2-1-3-7-18/h1-3,6-7,11-14,16,21H,4-5,8-10,15,17H2,(H2,27,33)(H2,28,29,30)/t21-/m1/s1. The van der Waals surface area contributed by atoms with Gasteiger partial charge in [-0.15, -0.1) is 0 Å². The number of piperidine rings is 1. The van der Waals surface area contributed by atoms with Gasteiger partial charge in [0.2, 0.25) is 17.8 Å². The molecule has 1 atom stereocenters. The van der Waals surface area contributed by atoms with Gasteiger partial charge < -0.3 is 16.4 Å². The van der Waals surface area contributed by atoms with Crippen LogP contribution in [-0.4, -0.2) is 39.8 Å². The number of aromatic nitrogens is 2. The third-order valence-corrected chi connectivity index (χ3v) is 6.18. The second-order valence-electron chi connectivity index (χ2n) is 8.49. The van der Waals surface area contributed by atoms with Gasteiger partial charge in [0.1, 0.15) is 0 Å². The molecule has 2 amide bonds. The van der Waals surface area contributed by atoms with E-state index in [9.17, 15) is 9.59 Å². The molecule has 0 saturated carbocycles. The maximum atomic E-state index is 12.9. The monoisotopic (exact) mass is 443 g/mol. The number of likely N-dealkylation sites (tertiary alicyclic amines) is 1. The van der Waals surface area contributed by atoms with Crippen LogP contribution in [0.1, 0.15) is 53.2 Å². The zero-order chi connectivity index (χ0) is 23.2. The summed E-state index contributed by atoms with van der Waals surface area (Å²) in [5.41, 5.74) is 15.6. The van der Waals surface area contributed by atoms with Crippen molar-refractivity contribution in [2.24, 2.45) is 5.73 Å². The van der Waals surface area contributed by atoms with E-state index in [4.69, 9.17) is 11.5 Å². The lowest BCUT2D eigenvalue weighted by molar-refractivity contribution is -0.132. The first-order chi connectivity index (χ1) is 16.0. The van der Waals surface area contributed by atoms with Crippen molar-refractivity contribution in [2.75, 3.05) is 18.8 Å². The number of amides is 2. The van der Waals surface area contributed by atoms with Crippen molar-refractivity contribution in [1.82, 2.24) is 14.9 Å². The number of nitrogen functional groups attached to an aromatic ring is 1. The zero-order valence-corrected chi connectivity index (χ0v) is 18.6. The van der Waals surface area contributed by atoms with Gasteiger partial charge in [0.15, 0.2) is 0 Å². The molecule has 4 rings (SSSR count). The molecular weight excluding hydrogens is 414 g/mol. The van der Waals surface area contributed by atoms with Crippen LogP contribution in [0, 0.1) is 0 Å². The quantitative estimate of drug-likeness (QED) is 0.579. The number of nitrogens with zero attached hydrogens (tertiary/aromatic N) is 3. The summed E-state index contributed by atoms with van der Waals surface area (Å²) >= 11 is 0. The van der Waals surface area contributed by atoms with E-state index < -0.39 is 5.91 Å². The number of hydrogen-bond donors (Lipinski definition) is 2. The van der Waals surface area contributed by atoms with Gasteiger partial charge in [0.25, 0.3) is 0 Å². The molecule has 0 spiro atoms. The van der Waals surface area contributed by atoms with Gasteiger partial charge in [-0.3, -0.25) is 9.59 Å². The molecule has 0 unspecified atom stereocenters. The number of aryl methyl sites for hydroxylation is 1. The fourth-order valence-corrected chi connectivity index (χ4v) is 4.43. The van der Waals surface area contributed by atoms with Gasteiger partial charge in [0.05, 0.1) is 5.69 Å². The molecule has 7 heteroatoms. The predicted octanol–water partition coefficient (Wildman–Crippen LogP) is 3.55. The summed E-state index contributed by atoms with van der Waals surface area (Å²) in [7, 11) is 0.